The molecule has 3 heteroatoms. The summed E-state index contributed by atoms with van der Waals surface area (Å²) in [5, 5.41) is 0. The zero-order chi connectivity index (χ0) is 6.57. The molecule has 0 radical (unpaired) electrons. The van der Waals surface area contributed by atoms with Crippen molar-refractivity contribution < 1.29 is 34.4 Å². The second-order valence-corrected chi connectivity index (χ2v) is 1.33. The predicted molar refractivity (Wildman–Crippen MR) is 30.5 cm³/mol. The Morgan fingerprint density at radius 1 is 1.67 bits per heavy atom. The molecule has 0 bridgehead atoms. The van der Waals surface area contributed by atoms with E-state index in [0.29, 0.717) is 0 Å². The van der Waals surface area contributed by atoms with Crippen LogP contribution in [-0.4, -0.2) is 5.91 Å². The van der Waals surface area contributed by atoms with E-state index in [-0.39, 0.29) is 41.6 Å². The summed E-state index contributed by atoms with van der Waals surface area (Å²) in [6, 6.07) is 0. The van der Waals surface area contributed by atoms with E-state index in [2.05, 4.69) is 0 Å². The van der Waals surface area contributed by atoms with Gasteiger partial charge < -0.3 is 17.1 Å². The molecule has 0 heterocycles. The van der Waals surface area contributed by atoms with Crippen molar-refractivity contribution in [3.8, 4) is 0 Å². The van der Waals surface area contributed by atoms with Crippen LogP contribution in [-0.2, 0) is 4.79 Å². The van der Waals surface area contributed by atoms with Crippen molar-refractivity contribution in [3.05, 3.63) is 24.8 Å². The van der Waals surface area contributed by atoms with E-state index in [4.69, 9.17) is 18.9 Å². The molecule has 44 valence electrons. The molecule has 0 aliphatic carbocycles. The van der Waals surface area contributed by atoms with E-state index in [1.165, 1.54) is 6.08 Å². The fourth-order valence-corrected chi connectivity index (χ4v) is 0.228. The van der Waals surface area contributed by atoms with Gasteiger partial charge in [-0.2, -0.15) is 5.57 Å². The molecular formula is C6H7NNaO-. The maximum atomic E-state index is 10.1. The van der Waals surface area contributed by atoms with Gasteiger partial charge in [0, 0.05) is 0 Å². The van der Waals surface area contributed by atoms with Crippen LogP contribution in [0.15, 0.2) is 11.6 Å². The minimum absolute atomic E-state index is 0. The van der Waals surface area contributed by atoms with Crippen molar-refractivity contribution in [2.45, 2.75) is 6.42 Å². The van der Waals surface area contributed by atoms with Crippen LogP contribution in [0.2, 0.25) is 0 Å². The first-order valence-electron chi connectivity index (χ1n) is 2.13. The summed E-state index contributed by atoms with van der Waals surface area (Å²) in [7, 11) is 0. The molecule has 0 aromatic heterocycles. The van der Waals surface area contributed by atoms with E-state index in [1.807, 2.05) is 0 Å². The number of hydrogen-bond donors (Lipinski definition) is 1. The Morgan fingerprint density at radius 2 is 2.11 bits per heavy atom. The first-order chi connectivity index (χ1) is 3.68. The molecule has 0 atom stereocenters. The Labute approximate surface area is 77.1 Å². The van der Waals surface area contributed by atoms with Crippen LogP contribution in [0.3, 0.4) is 0 Å². The molecule has 0 aliphatic heterocycles. The number of carbonyl (C=O) groups excluding carboxylic acids is 1. The minimum Gasteiger partial charge on any atom is -0.518 e. The first-order valence-corrected chi connectivity index (χ1v) is 2.13. The van der Waals surface area contributed by atoms with Crippen LogP contribution in [0.5, 0.6) is 0 Å². The Bertz CT molecular complexity index is 131. The van der Waals surface area contributed by atoms with Gasteiger partial charge in [0.25, 0.3) is 0 Å². The van der Waals surface area contributed by atoms with E-state index in [9.17, 15) is 4.79 Å². The quantitative estimate of drug-likeness (QED) is 0.252. The van der Waals surface area contributed by atoms with E-state index in [0.717, 1.165) is 0 Å². The van der Waals surface area contributed by atoms with Gasteiger partial charge in [-0.3, -0.25) is 12.7 Å². The third-order valence-corrected chi connectivity index (χ3v) is 0.654. The van der Waals surface area contributed by atoms with Crippen molar-refractivity contribution in [2.24, 2.45) is 5.73 Å². The maximum absolute atomic E-state index is 10.1. The molecule has 0 aromatic carbocycles. The fraction of sp³-hybridized carbons (Fsp3) is 0.167. The van der Waals surface area contributed by atoms with Crippen molar-refractivity contribution in [1.29, 1.82) is 0 Å². The van der Waals surface area contributed by atoms with E-state index < -0.39 is 5.91 Å². The molecular weight excluding hydrogens is 125 g/mol. The van der Waals surface area contributed by atoms with E-state index in [1.54, 1.807) is 0 Å². The molecule has 0 fully saturated rings. The molecule has 2 nitrogen and oxygen atoms in total. The van der Waals surface area contributed by atoms with Gasteiger partial charge in [0.2, 0.25) is 0 Å². The number of amides is 1. The SMILES string of the molecule is [CH-]=CCC(=[CH-])C(N)=O.[Na+]. The van der Waals surface area contributed by atoms with Gasteiger partial charge in [-0.1, -0.05) is 6.42 Å². The molecule has 2 N–H and O–H groups in total. The summed E-state index contributed by atoms with van der Waals surface area (Å²) in [5.74, 6) is -0.605. The van der Waals surface area contributed by atoms with Crippen molar-refractivity contribution in [2.75, 3.05) is 0 Å². The summed E-state index contributed by atoms with van der Waals surface area (Å²) in [6.45, 7) is 9.99. The van der Waals surface area contributed by atoms with Gasteiger partial charge >= 0.3 is 29.6 Å². The molecule has 1 amide bonds. The van der Waals surface area contributed by atoms with Gasteiger partial charge in [0.15, 0.2) is 0 Å². The van der Waals surface area contributed by atoms with Gasteiger partial charge in [0.05, 0.1) is 5.91 Å². The predicted octanol–water partition coefficient (Wildman–Crippen LogP) is -2.79. The molecule has 0 aliphatic rings. The maximum Gasteiger partial charge on any atom is 1.00 e. The summed E-state index contributed by atoms with van der Waals surface area (Å²) in [5.41, 5.74) is 4.84. The topological polar surface area (TPSA) is 43.1 Å². The molecule has 0 rings (SSSR count). The Kier molecular flexibility index (Phi) is 7.91. The molecule has 0 aromatic rings. The molecule has 0 saturated heterocycles. The van der Waals surface area contributed by atoms with Gasteiger partial charge in [-0.15, -0.1) is 0 Å². The number of nitrogens with two attached hydrogens (primary N) is 1. The largest absolute Gasteiger partial charge is 1.00 e. The van der Waals surface area contributed by atoms with Crippen LogP contribution in [0.1, 0.15) is 6.42 Å². The second kappa shape index (κ2) is 6.08. The zero-order valence-electron chi connectivity index (χ0n) is 5.42. The average Bonchev–Trinajstić information content (AvgIpc) is 1.67. The third-order valence-electron chi connectivity index (χ3n) is 0.654. The summed E-state index contributed by atoms with van der Waals surface area (Å²) >= 11 is 0. The van der Waals surface area contributed by atoms with Crippen molar-refractivity contribution >= 4 is 5.91 Å². The Morgan fingerprint density at radius 3 is 2.22 bits per heavy atom. The number of carbonyl (C=O) groups is 1. The minimum atomic E-state index is -0.605. The molecule has 0 unspecified atom stereocenters. The van der Waals surface area contributed by atoms with Gasteiger partial charge in [0.1, 0.15) is 0 Å². The Hall–Kier alpha value is -0.0500. The monoisotopic (exact) mass is 132 g/mol. The number of primary amides is 1. The Balaban J connectivity index is 0. The number of hydrogen-bond acceptors (Lipinski definition) is 1. The fourth-order valence-electron chi connectivity index (χ4n) is 0.228. The van der Waals surface area contributed by atoms with Crippen LogP contribution in [0, 0.1) is 13.2 Å². The van der Waals surface area contributed by atoms with Crippen LogP contribution < -0.4 is 35.3 Å². The van der Waals surface area contributed by atoms with Crippen LogP contribution in [0.25, 0.3) is 0 Å². The number of allylic oxidation sites excluding steroid dienone is 1. The van der Waals surface area contributed by atoms with E-state index >= 15 is 0 Å². The zero-order valence-corrected chi connectivity index (χ0v) is 7.42. The molecule has 0 spiro atoms. The smallest absolute Gasteiger partial charge is 0.518 e. The summed E-state index contributed by atoms with van der Waals surface area (Å²) in [4.78, 5) is 10.1. The molecule has 9 heavy (non-hydrogen) atoms. The van der Waals surface area contributed by atoms with Gasteiger partial charge in [-0.05, 0) is 0 Å². The average molecular weight is 132 g/mol. The van der Waals surface area contributed by atoms with Crippen molar-refractivity contribution in [3.63, 3.8) is 0 Å². The van der Waals surface area contributed by atoms with Gasteiger partial charge in [-0.25, -0.2) is 0 Å². The third kappa shape index (κ3) is 5.83. The van der Waals surface area contributed by atoms with Crippen LogP contribution in [0.4, 0.5) is 0 Å². The summed E-state index contributed by atoms with van der Waals surface area (Å²) in [6.07, 6.45) is 1.54. The standard InChI is InChI=1S/C6H7NO.Na/c1-3-4-5(2)6(7)8;/h1-3H,4H2,(H2,7,8);/q-2;+1. The van der Waals surface area contributed by atoms with Crippen LogP contribution >= 0.6 is 0 Å². The normalized spacial score (nSPS) is 7.11. The first kappa shape index (κ1) is 11.7. The number of rotatable bonds is 3. The molecule has 0 saturated carbocycles. The van der Waals surface area contributed by atoms with Crippen molar-refractivity contribution in [1.82, 2.24) is 0 Å². The second-order valence-electron chi connectivity index (χ2n) is 1.33. The summed E-state index contributed by atoms with van der Waals surface area (Å²) < 4.78 is 0.